The van der Waals surface area contributed by atoms with E-state index in [1.54, 1.807) is 13.8 Å². The van der Waals surface area contributed by atoms with Crippen LogP contribution in [0.2, 0.25) is 0 Å². The van der Waals surface area contributed by atoms with Crippen LogP contribution < -0.4 is 5.32 Å². The maximum absolute atomic E-state index is 13.7. The van der Waals surface area contributed by atoms with E-state index in [1.165, 1.54) is 0 Å². The van der Waals surface area contributed by atoms with E-state index in [4.69, 9.17) is 0 Å². The lowest BCUT2D eigenvalue weighted by molar-refractivity contribution is -0.0116. The number of aliphatic hydroxyl groups is 1. The molecule has 98 valence electrons. The summed E-state index contributed by atoms with van der Waals surface area (Å²) < 4.78 is 13.7. The van der Waals surface area contributed by atoms with Gasteiger partial charge in [-0.1, -0.05) is 12.1 Å². The summed E-state index contributed by atoms with van der Waals surface area (Å²) in [5, 5.41) is 14.4. The minimum atomic E-state index is -0.777. The number of hydrogen-bond donors (Lipinski definition) is 2. The topological polar surface area (TPSA) is 32.3 Å². The van der Waals surface area contributed by atoms with Gasteiger partial charge in [0.1, 0.15) is 5.82 Å². The van der Waals surface area contributed by atoms with E-state index in [0.29, 0.717) is 23.2 Å². The third-order valence-corrected chi connectivity index (χ3v) is 4.48. The number of hydrogen-bond acceptors (Lipinski definition) is 2. The van der Waals surface area contributed by atoms with Crippen LogP contribution in [0.15, 0.2) is 12.1 Å². The van der Waals surface area contributed by atoms with E-state index < -0.39 is 5.60 Å². The number of benzene rings is 1. The van der Waals surface area contributed by atoms with Gasteiger partial charge in [0.05, 0.1) is 5.60 Å². The first-order valence-electron chi connectivity index (χ1n) is 6.73. The van der Waals surface area contributed by atoms with Crippen LogP contribution >= 0.6 is 0 Å². The molecule has 2 nitrogen and oxygen atoms in total. The van der Waals surface area contributed by atoms with Crippen molar-refractivity contribution in [3.8, 4) is 0 Å². The largest absolute Gasteiger partial charge is 0.385 e. The molecule has 2 fully saturated rings. The lowest BCUT2D eigenvalue weighted by Crippen LogP contribution is -2.46. The normalized spacial score (nSPS) is 34.9. The quantitative estimate of drug-likeness (QED) is 0.801. The van der Waals surface area contributed by atoms with Gasteiger partial charge in [-0.05, 0) is 56.2 Å². The van der Waals surface area contributed by atoms with Crippen molar-refractivity contribution in [1.82, 2.24) is 5.32 Å². The highest BCUT2D eigenvalue weighted by Crippen LogP contribution is 2.41. The molecule has 2 aliphatic rings. The van der Waals surface area contributed by atoms with Crippen molar-refractivity contribution in [2.24, 2.45) is 0 Å². The monoisotopic (exact) mass is 249 g/mol. The van der Waals surface area contributed by atoms with Crippen LogP contribution in [0, 0.1) is 19.7 Å². The fourth-order valence-electron chi connectivity index (χ4n) is 3.57. The van der Waals surface area contributed by atoms with Crippen LogP contribution in [0.4, 0.5) is 4.39 Å². The van der Waals surface area contributed by atoms with Gasteiger partial charge in [0, 0.05) is 12.1 Å². The maximum Gasteiger partial charge on any atom is 0.129 e. The molecule has 18 heavy (non-hydrogen) atoms. The molecule has 0 spiro atoms. The molecule has 0 amide bonds. The Morgan fingerprint density at radius 3 is 2.17 bits per heavy atom. The molecule has 3 heteroatoms. The summed E-state index contributed by atoms with van der Waals surface area (Å²) in [6, 6.07) is 4.46. The number of nitrogens with one attached hydrogen (secondary N) is 1. The van der Waals surface area contributed by atoms with Crippen molar-refractivity contribution in [2.45, 2.75) is 57.2 Å². The Morgan fingerprint density at radius 1 is 1.17 bits per heavy atom. The first-order chi connectivity index (χ1) is 8.48. The van der Waals surface area contributed by atoms with Gasteiger partial charge in [0.15, 0.2) is 0 Å². The highest BCUT2D eigenvalue weighted by atomic mass is 19.1. The number of halogens is 1. The fourth-order valence-corrected chi connectivity index (χ4v) is 3.57. The molecular formula is C15H20FNO. The van der Waals surface area contributed by atoms with Crippen LogP contribution in [0.25, 0.3) is 0 Å². The van der Waals surface area contributed by atoms with Gasteiger partial charge in [0.2, 0.25) is 0 Å². The summed E-state index contributed by atoms with van der Waals surface area (Å²) >= 11 is 0. The Morgan fingerprint density at radius 2 is 1.67 bits per heavy atom. The van der Waals surface area contributed by atoms with E-state index in [0.717, 1.165) is 31.2 Å². The number of aryl methyl sites for hydroxylation is 2. The molecule has 1 aromatic carbocycles. The van der Waals surface area contributed by atoms with E-state index in [9.17, 15) is 9.50 Å². The van der Waals surface area contributed by atoms with Crippen molar-refractivity contribution in [3.63, 3.8) is 0 Å². The first kappa shape index (κ1) is 12.1. The predicted octanol–water partition coefficient (Wildman–Crippen LogP) is 2.54. The molecule has 0 radical (unpaired) electrons. The van der Waals surface area contributed by atoms with Gasteiger partial charge in [-0.3, -0.25) is 0 Å². The zero-order valence-corrected chi connectivity index (χ0v) is 11.0. The number of rotatable bonds is 1. The Bertz CT molecular complexity index is 450. The van der Waals surface area contributed by atoms with Crippen LogP contribution in [0.1, 0.15) is 42.4 Å². The molecule has 2 N–H and O–H groups in total. The molecule has 3 rings (SSSR count). The smallest absolute Gasteiger partial charge is 0.129 e. The summed E-state index contributed by atoms with van der Waals surface area (Å²) in [5.41, 5.74) is 1.37. The lowest BCUT2D eigenvalue weighted by Gasteiger charge is -2.38. The molecule has 2 aliphatic heterocycles. The second-order valence-electron chi connectivity index (χ2n) is 6.00. The Balaban J connectivity index is 1.99. The van der Waals surface area contributed by atoms with Gasteiger partial charge < -0.3 is 10.4 Å². The third-order valence-electron chi connectivity index (χ3n) is 4.48. The van der Waals surface area contributed by atoms with Crippen LogP contribution in [0.3, 0.4) is 0 Å². The van der Waals surface area contributed by atoms with Crippen LogP contribution in [-0.2, 0) is 5.60 Å². The Hall–Kier alpha value is -0.930. The van der Waals surface area contributed by atoms with E-state index in [2.05, 4.69) is 5.32 Å². The highest BCUT2D eigenvalue weighted by molar-refractivity contribution is 5.35. The number of fused-ring (bicyclic) bond motifs is 2. The molecule has 2 atom stereocenters. The lowest BCUT2D eigenvalue weighted by atomic mass is 9.80. The molecular weight excluding hydrogens is 229 g/mol. The summed E-state index contributed by atoms with van der Waals surface area (Å²) in [5.74, 6) is -0.153. The maximum atomic E-state index is 13.7. The molecule has 0 aromatic heterocycles. The van der Waals surface area contributed by atoms with Crippen LogP contribution in [-0.4, -0.2) is 17.2 Å². The van der Waals surface area contributed by atoms with Gasteiger partial charge in [0.25, 0.3) is 0 Å². The van der Waals surface area contributed by atoms with E-state index in [-0.39, 0.29) is 5.82 Å². The summed E-state index contributed by atoms with van der Waals surface area (Å²) in [4.78, 5) is 0. The van der Waals surface area contributed by atoms with Crippen molar-refractivity contribution in [3.05, 3.63) is 34.6 Å². The summed E-state index contributed by atoms with van der Waals surface area (Å²) in [7, 11) is 0. The van der Waals surface area contributed by atoms with Crippen LogP contribution in [0.5, 0.6) is 0 Å². The minimum Gasteiger partial charge on any atom is -0.385 e. The highest BCUT2D eigenvalue weighted by Gasteiger charge is 2.43. The molecule has 2 unspecified atom stereocenters. The average Bonchev–Trinajstić information content (AvgIpc) is 2.65. The Kier molecular flexibility index (Phi) is 2.72. The Labute approximate surface area is 107 Å². The average molecular weight is 249 g/mol. The zero-order valence-electron chi connectivity index (χ0n) is 11.0. The van der Waals surface area contributed by atoms with Gasteiger partial charge in [-0.15, -0.1) is 0 Å². The van der Waals surface area contributed by atoms with Crippen molar-refractivity contribution in [1.29, 1.82) is 0 Å². The second-order valence-corrected chi connectivity index (χ2v) is 6.00. The van der Waals surface area contributed by atoms with Crippen molar-refractivity contribution < 1.29 is 9.50 Å². The molecule has 2 bridgehead atoms. The van der Waals surface area contributed by atoms with Gasteiger partial charge >= 0.3 is 0 Å². The zero-order chi connectivity index (χ0) is 12.9. The summed E-state index contributed by atoms with van der Waals surface area (Å²) in [6.45, 7) is 3.54. The van der Waals surface area contributed by atoms with Crippen molar-refractivity contribution in [2.75, 3.05) is 0 Å². The van der Waals surface area contributed by atoms with E-state index in [1.807, 2.05) is 12.1 Å². The number of piperidine rings is 1. The third kappa shape index (κ3) is 1.86. The molecule has 2 heterocycles. The second kappa shape index (κ2) is 4.04. The van der Waals surface area contributed by atoms with Crippen molar-refractivity contribution >= 4 is 0 Å². The molecule has 1 aromatic rings. The minimum absolute atomic E-state index is 0.153. The van der Waals surface area contributed by atoms with E-state index >= 15 is 0 Å². The molecule has 2 saturated heterocycles. The molecule has 0 aliphatic carbocycles. The predicted molar refractivity (Wildman–Crippen MR) is 69.0 cm³/mol. The standard InChI is InChI=1S/C15H20FNO/c1-9-5-11(6-10(2)14(9)16)15(18)7-12-3-4-13(8-15)17-12/h5-6,12-13,17-18H,3-4,7-8H2,1-2H3. The fraction of sp³-hybridized carbons (Fsp3) is 0.600. The van der Waals surface area contributed by atoms with Gasteiger partial charge in [-0.2, -0.15) is 0 Å². The first-order valence-corrected chi connectivity index (χ1v) is 6.73. The molecule has 0 saturated carbocycles. The van der Waals surface area contributed by atoms with Gasteiger partial charge in [-0.25, -0.2) is 4.39 Å². The summed E-state index contributed by atoms with van der Waals surface area (Å²) in [6.07, 6.45) is 3.78. The SMILES string of the molecule is Cc1cc(C2(O)CC3CCC(C2)N3)cc(C)c1F.